The zero-order valence-electron chi connectivity index (χ0n) is 52.0. The fourth-order valence-corrected chi connectivity index (χ4v) is 10.2. The van der Waals surface area contributed by atoms with E-state index in [1.54, 1.807) is 0 Å². The number of halogens is 1. The third-order valence-corrected chi connectivity index (χ3v) is 15.6. The molecule has 0 saturated heterocycles. The zero-order valence-corrected chi connectivity index (χ0v) is 54.2. The maximum Gasteiger partial charge on any atom is 0.133 e. The fourth-order valence-electron chi connectivity index (χ4n) is 9.60. The van der Waals surface area contributed by atoms with E-state index < -0.39 is 0 Å². The summed E-state index contributed by atoms with van der Waals surface area (Å²) in [5.74, 6) is 5.25. The molecule has 0 fully saturated rings. The van der Waals surface area contributed by atoms with Crippen LogP contribution in [0.15, 0.2) is 91.5 Å². The summed E-state index contributed by atoms with van der Waals surface area (Å²) in [6.07, 6.45) is 46.9. The van der Waals surface area contributed by atoms with Crippen LogP contribution in [-0.2, 0) is 0 Å². The molecule has 5 aromatic carbocycles. The molecule has 6 nitrogen and oxygen atoms in total. The molecule has 0 atom stereocenters. The number of unbranched alkanes of at least 4 members (excludes halogenated alkanes) is 18. The molecule has 0 saturated carbocycles. The first-order chi connectivity index (χ1) is 40.8. The lowest BCUT2D eigenvalue weighted by Crippen LogP contribution is -2.03. The average Bonchev–Trinajstić information content (AvgIpc) is 3.68. The molecular weight excluding hydrogens is 1140 g/mol. The van der Waals surface area contributed by atoms with E-state index in [0.29, 0.717) is 33.0 Å². The highest BCUT2D eigenvalue weighted by molar-refractivity contribution is 14.1. The Kier molecular flexibility index (Phi) is 34.6. The molecule has 0 amide bonds. The first-order valence-electron chi connectivity index (χ1n) is 32.3. The van der Waals surface area contributed by atoms with Crippen LogP contribution in [0, 0.1) is 3.57 Å². The van der Waals surface area contributed by atoms with Crippen LogP contribution in [0.25, 0.3) is 54.7 Å². The van der Waals surface area contributed by atoms with Crippen LogP contribution >= 0.6 is 22.6 Å². The Hall–Kier alpha value is -5.67. The van der Waals surface area contributed by atoms with Gasteiger partial charge in [0.1, 0.15) is 34.5 Å². The second-order valence-electron chi connectivity index (χ2n) is 22.0. The summed E-state index contributed by atoms with van der Waals surface area (Å²) in [7, 11) is 0. The minimum atomic E-state index is 0.661. The molecule has 5 rings (SSSR count). The van der Waals surface area contributed by atoms with Crippen LogP contribution in [0.2, 0.25) is 0 Å². The van der Waals surface area contributed by atoms with Gasteiger partial charge in [-0.15, -0.1) is 0 Å². The molecule has 0 bridgehead atoms. The molecule has 83 heavy (non-hydrogen) atoms. The van der Waals surface area contributed by atoms with Crippen LogP contribution in [0.1, 0.15) is 246 Å². The van der Waals surface area contributed by atoms with Crippen molar-refractivity contribution in [3.05, 3.63) is 145 Å². The summed E-state index contributed by atoms with van der Waals surface area (Å²) >= 11 is 2.39. The van der Waals surface area contributed by atoms with Crippen molar-refractivity contribution in [1.29, 1.82) is 0 Å². The molecule has 0 aliphatic heterocycles. The van der Waals surface area contributed by atoms with Crippen molar-refractivity contribution in [1.82, 2.24) is 0 Å². The fraction of sp³-hybridized carbons (Fsp3) is 0.474. The van der Waals surface area contributed by atoms with Gasteiger partial charge in [-0.1, -0.05) is 267 Å². The Bertz CT molecular complexity index is 2700. The van der Waals surface area contributed by atoms with Crippen molar-refractivity contribution in [3.63, 3.8) is 0 Å². The number of hydrogen-bond donors (Lipinski definition) is 0. The third kappa shape index (κ3) is 26.4. The van der Waals surface area contributed by atoms with E-state index in [9.17, 15) is 0 Å². The largest absolute Gasteiger partial charge is 0.493 e. The molecule has 0 radical (unpaired) electrons. The van der Waals surface area contributed by atoms with Crippen LogP contribution in [0.3, 0.4) is 0 Å². The van der Waals surface area contributed by atoms with Crippen molar-refractivity contribution in [2.24, 2.45) is 0 Å². The first-order valence-corrected chi connectivity index (χ1v) is 33.4. The molecule has 5 aromatic rings. The monoisotopic (exact) mass is 1240 g/mol. The van der Waals surface area contributed by atoms with Gasteiger partial charge >= 0.3 is 0 Å². The van der Waals surface area contributed by atoms with Gasteiger partial charge in [0.2, 0.25) is 0 Å². The van der Waals surface area contributed by atoms with E-state index in [4.69, 9.17) is 28.4 Å². The SMILES string of the molecule is C=Cc1cc(OCCCCCC)c(/C=C/c2ccc(/C=C/c3cc(OCCCCCC)c(/C=C/c4ccc(/C=C/c5cc(OCCCCCC)c(I)cc5OCCCCCC)cc4)cc3OCCCCCC)cc2)cc1OCCCCCC. The van der Waals surface area contributed by atoms with Gasteiger partial charge in [-0.3, -0.25) is 0 Å². The summed E-state index contributed by atoms with van der Waals surface area (Å²) in [5, 5.41) is 0. The van der Waals surface area contributed by atoms with Crippen molar-refractivity contribution in [2.45, 2.75) is 196 Å². The Morgan fingerprint density at radius 2 is 0.494 bits per heavy atom. The summed E-state index contributed by atoms with van der Waals surface area (Å²) < 4.78 is 39.9. The van der Waals surface area contributed by atoms with Crippen LogP contribution < -0.4 is 28.4 Å². The van der Waals surface area contributed by atoms with E-state index in [1.807, 2.05) is 6.08 Å². The van der Waals surface area contributed by atoms with E-state index in [-0.39, 0.29) is 0 Å². The Morgan fingerprint density at radius 1 is 0.277 bits per heavy atom. The molecule has 0 N–H and O–H groups in total. The predicted octanol–water partition coefficient (Wildman–Crippen LogP) is 23.4. The van der Waals surface area contributed by atoms with Gasteiger partial charge in [0.15, 0.2) is 0 Å². The van der Waals surface area contributed by atoms with Crippen LogP contribution in [0.5, 0.6) is 34.5 Å². The van der Waals surface area contributed by atoms with Gasteiger partial charge in [-0.2, -0.15) is 0 Å². The van der Waals surface area contributed by atoms with Gasteiger partial charge in [0.05, 0.1) is 43.2 Å². The standard InChI is InChI=1S/C76H103IO6/c1-8-15-21-27-49-78-71-56-66(72(55-65(71)14-7)79-50-28-22-16-9-2)45-41-61-33-35-62(36-34-61)42-46-67-57-74(81-52-30-24-18-11-4)68(58-73(67)80-51-29-23-17-10-3)47-43-63-37-39-64(40-38-63)44-48-69-59-76(83-54-32-26-20-13-6)70(77)60-75(69)82-53-31-25-19-12-5/h14,33-48,55-60H,7-13,15-32,49-54H2,1-6H3/b45-41+,46-42+,47-43+,48-44+. The predicted molar refractivity (Wildman–Crippen MR) is 369 cm³/mol. The molecule has 0 unspecified atom stereocenters. The Balaban J connectivity index is 1.39. The van der Waals surface area contributed by atoms with Crippen LogP contribution in [-0.4, -0.2) is 39.6 Å². The lowest BCUT2D eigenvalue weighted by atomic mass is 10.0. The molecule has 0 aromatic heterocycles. The number of hydrogen-bond acceptors (Lipinski definition) is 6. The number of rotatable bonds is 45. The molecule has 450 valence electrons. The lowest BCUT2D eigenvalue weighted by molar-refractivity contribution is 0.294. The normalized spacial score (nSPS) is 11.7. The summed E-state index contributed by atoms with van der Waals surface area (Å²) in [5.41, 5.74) is 9.42. The zero-order chi connectivity index (χ0) is 59.0. The molecule has 0 spiro atoms. The van der Waals surface area contributed by atoms with Gasteiger partial charge in [-0.05, 0) is 120 Å². The minimum absolute atomic E-state index is 0.661. The van der Waals surface area contributed by atoms with E-state index in [1.165, 1.54) is 103 Å². The highest BCUT2D eigenvalue weighted by Crippen LogP contribution is 2.36. The van der Waals surface area contributed by atoms with Crippen molar-refractivity contribution >= 4 is 77.3 Å². The minimum Gasteiger partial charge on any atom is -0.493 e. The van der Waals surface area contributed by atoms with Gasteiger partial charge in [-0.25, -0.2) is 0 Å². The molecule has 0 heterocycles. The van der Waals surface area contributed by atoms with Gasteiger partial charge < -0.3 is 28.4 Å². The summed E-state index contributed by atoms with van der Waals surface area (Å²) in [6.45, 7) is 21.7. The summed E-state index contributed by atoms with van der Waals surface area (Å²) in [4.78, 5) is 0. The van der Waals surface area contributed by atoms with Crippen molar-refractivity contribution < 1.29 is 28.4 Å². The maximum atomic E-state index is 6.65. The van der Waals surface area contributed by atoms with E-state index >= 15 is 0 Å². The molecule has 0 aliphatic rings. The molecule has 7 heteroatoms. The molecule has 0 aliphatic carbocycles. The number of ether oxygens (including phenoxy) is 6. The first kappa shape index (κ1) is 68.1. The Labute approximate surface area is 517 Å². The van der Waals surface area contributed by atoms with E-state index in [0.717, 1.165) is 146 Å². The lowest BCUT2D eigenvalue weighted by Gasteiger charge is -2.15. The second kappa shape index (κ2) is 42.2. The molecular formula is C76H103IO6. The van der Waals surface area contributed by atoms with E-state index in [2.05, 4.69) is 204 Å². The Morgan fingerprint density at radius 3 is 0.747 bits per heavy atom. The number of benzene rings is 5. The maximum absolute atomic E-state index is 6.65. The smallest absolute Gasteiger partial charge is 0.133 e. The summed E-state index contributed by atoms with van der Waals surface area (Å²) in [6, 6.07) is 30.2. The second-order valence-corrected chi connectivity index (χ2v) is 23.2. The highest BCUT2D eigenvalue weighted by atomic mass is 127. The quantitative estimate of drug-likeness (QED) is 0.0220. The highest BCUT2D eigenvalue weighted by Gasteiger charge is 2.14. The third-order valence-electron chi connectivity index (χ3n) is 14.8. The van der Waals surface area contributed by atoms with Gasteiger partial charge in [0, 0.05) is 27.8 Å². The van der Waals surface area contributed by atoms with Crippen molar-refractivity contribution in [2.75, 3.05) is 39.6 Å². The topological polar surface area (TPSA) is 55.4 Å². The van der Waals surface area contributed by atoms with Crippen LogP contribution in [0.4, 0.5) is 0 Å². The van der Waals surface area contributed by atoms with Crippen molar-refractivity contribution in [3.8, 4) is 34.5 Å². The van der Waals surface area contributed by atoms with Gasteiger partial charge in [0.25, 0.3) is 0 Å². The average molecular weight is 1240 g/mol.